The molecule has 2 amide bonds. The first-order valence-corrected chi connectivity index (χ1v) is 7.61. The first-order chi connectivity index (χ1) is 12.3. The van der Waals surface area contributed by atoms with E-state index in [2.05, 4.69) is 10.9 Å². The Bertz CT molecular complexity index is 892. The van der Waals surface area contributed by atoms with E-state index >= 15 is 0 Å². The summed E-state index contributed by atoms with van der Waals surface area (Å²) in [6.07, 6.45) is -4.13. The minimum Gasteiger partial charge on any atom is -0.302 e. The largest absolute Gasteiger partial charge is 0.416 e. The Labute approximate surface area is 147 Å². The number of allylic oxidation sites excluding steroid dienone is 1. The number of carbonyl (C=O) groups excluding carboxylic acids is 2. The molecule has 26 heavy (non-hydrogen) atoms. The number of hydrogen-bond acceptors (Lipinski definition) is 3. The van der Waals surface area contributed by atoms with Crippen LogP contribution in [-0.4, -0.2) is 12.3 Å². The van der Waals surface area contributed by atoms with Gasteiger partial charge in [-0.1, -0.05) is 24.3 Å². The van der Waals surface area contributed by atoms with Gasteiger partial charge < -0.3 is 5.43 Å². The lowest BCUT2D eigenvalue weighted by Crippen LogP contribution is -2.30. The van der Waals surface area contributed by atoms with Crippen molar-refractivity contribution in [3.8, 4) is 0 Å². The number of carbonyl (C=O) groups is 2. The van der Waals surface area contributed by atoms with Crippen molar-refractivity contribution in [3.05, 3.63) is 65.4 Å². The zero-order valence-electron chi connectivity index (χ0n) is 13.6. The molecule has 0 atom stereocenters. The lowest BCUT2D eigenvalue weighted by Gasteiger charge is -2.18. The number of anilines is 2. The van der Waals surface area contributed by atoms with Gasteiger partial charge in [0, 0.05) is 16.9 Å². The number of halogens is 3. The van der Waals surface area contributed by atoms with Crippen molar-refractivity contribution in [2.24, 2.45) is 0 Å². The van der Waals surface area contributed by atoms with Gasteiger partial charge in [-0.15, -0.1) is 0 Å². The minimum absolute atomic E-state index is 0.137. The fourth-order valence-corrected chi connectivity index (χ4v) is 2.84. The first kappa shape index (κ1) is 17.5. The summed E-state index contributed by atoms with van der Waals surface area (Å²) < 4.78 is 39.4. The molecule has 3 rings (SSSR count). The standard InChI is InChI=1S/C18H14F3N3O2/c1-11(23-22-10-25)16-14-8-7-12(18(19,20)21)9-15(14)24(17(16)26)13-5-3-2-4-6-13/h2-10,23H,1H3,(H,22,25)/b16-11-. The topological polar surface area (TPSA) is 61.4 Å². The second kappa shape index (κ2) is 6.55. The van der Waals surface area contributed by atoms with E-state index in [1.165, 1.54) is 11.0 Å². The van der Waals surface area contributed by atoms with Crippen LogP contribution in [0.15, 0.2) is 54.2 Å². The predicted molar refractivity (Wildman–Crippen MR) is 90.0 cm³/mol. The highest BCUT2D eigenvalue weighted by Crippen LogP contribution is 2.44. The molecule has 2 aromatic carbocycles. The van der Waals surface area contributed by atoms with Gasteiger partial charge in [0.1, 0.15) is 0 Å². The van der Waals surface area contributed by atoms with Crippen LogP contribution in [0.4, 0.5) is 24.5 Å². The van der Waals surface area contributed by atoms with Crippen molar-refractivity contribution in [1.82, 2.24) is 10.9 Å². The van der Waals surface area contributed by atoms with Gasteiger partial charge in [0.25, 0.3) is 5.91 Å². The second-order valence-corrected chi connectivity index (χ2v) is 5.59. The molecule has 0 saturated heterocycles. The number of benzene rings is 2. The van der Waals surface area contributed by atoms with Gasteiger partial charge in [0.2, 0.25) is 6.41 Å². The van der Waals surface area contributed by atoms with Crippen molar-refractivity contribution in [1.29, 1.82) is 0 Å². The van der Waals surface area contributed by atoms with E-state index in [9.17, 15) is 22.8 Å². The van der Waals surface area contributed by atoms with Crippen LogP contribution >= 0.6 is 0 Å². The molecule has 0 saturated carbocycles. The van der Waals surface area contributed by atoms with Crippen LogP contribution in [0.25, 0.3) is 5.57 Å². The molecule has 2 aromatic rings. The third-order valence-electron chi connectivity index (χ3n) is 3.96. The highest BCUT2D eigenvalue weighted by Gasteiger charge is 2.38. The molecule has 0 fully saturated rings. The van der Waals surface area contributed by atoms with Crippen molar-refractivity contribution in [3.63, 3.8) is 0 Å². The van der Waals surface area contributed by atoms with Crippen LogP contribution in [0.2, 0.25) is 0 Å². The summed E-state index contributed by atoms with van der Waals surface area (Å²) in [6, 6.07) is 11.5. The lowest BCUT2D eigenvalue weighted by molar-refractivity contribution is -0.137. The molecule has 5 nitrogen and oxygen atoms in total. The van der Waals surface area contributed by atoms with E-state index < -0.39 is 17.6 Å². The van der Waals surface area contributed by atoms with Gasteiger partial charge in [0.05, 0.1) is 16.8 Å². The molecule has 8 heteroatoms. The van der Waals surface area contributed by atoms with Gasteiger partial charge in [0.15, 0.2) is 0 Å². The number of fused-ring (bicyclic) bond motifs is 1. The molecule has 0 aliphatic carbocycles. The van der Waals surface area contributed by atoms with Crippen LogP contribution in [-0.2, 0) is 15.8 Å². The van der Waals surface area contributed by atoms with Crippen molar-refractivity contribution in [2.75, 3.05) is 4.90 Å². The first-order valence-electron chi connectivity index (χ1n) is 7.61. The van der Waals surface area contributed by atoms with Crippen LogP contribution in [0.3, 0.4) is 0 Å². The van der Waals surface area contributed by atoms with E-state index in [0.29, 0.717) is 23.4 Å². The maximum atomic E-state index is 13.1. The highest BCUT2D eigenvalue weighted by atomic mass is 19.4. The van der Waals surface area contributed by atoms with Gasteiger partial charge in [-0.3, -0.25) is 19.9 Å². The van der Waals surface area contributed by atoms with Crippen LogP contribution in [0.5, 0.6) is 0 Å². The van der Waals surface area contributed by atoms with Crippen LogP contribution in [0.1, 0.15) is 18.1 Å². The van der Waals surface area contributed by atoms with Crippen LogP contribution in [0, 0.1) is 0 Å². The average Bonchev–Trinajstić information content (AvgIpc) is 2.90. The monoisotopic (exact) mass is 361 g/mol. The zero-order chi connectivity index (χ0) is 18.9. The Kier molecular flexibility index (Phi) is 4.41. The molecular weight excluding hydrogens is 347 g/mol. The number of hydrogen-bond donors (Lipinski definition) is 2. The van der Waals surface area contributed by atoms with Crippen molar-refractivity contribution < 1.29 is 22.8 Å². The van der Waals surface area contributed by atoms with Crippen molar-refractivity contribution >= 4 is 29.3 Å². The fraction of sp³-hybridized carbons (Fsp3) is 0.111. The Hall–Kier alpha value is -3.29. The molecule has 0 aromatic heterocycles. The molecule has 1 aliphatic heterocycles. The third-order valence-corrected chi connectivity index (χ3v) is 3.96. The molecular formula is C18H14F3N3O2. The number of nitrogens with one attached hydrogen (secondary N) is 2. The molecule has 0 bridgehead atoms. The number of hydrazine groups is 1. The van der Waals surface area contributed by atoms with Gasteiger partial charge in [-0.25, -0.2) is 0 Å². The summed E-state index contributed by atoms with van der Waals surface area (Å²) in [6.45, 7) is 1.56. The number of amides is 2. The average molecular weight is 361 g/mol. The third kappa shape index (κ3) is 3.01. The maximum Gasteiger partial charge on any atom is 0.416 e. The van der Waals surface area contributed by atoms with Crippen LogP contribution < -0.4 is 15.8 Å². The number of nitrogens with zero attached hydrogens (tertiary/aromatic N) is 1. The van der Waals surface area contributed by atoms with Gasteiger partial charge in [-0.2, -0.15) is 13.2 Å². The summed E-state index contributed by atoms with van der Waals surface area (Å²) in [4.78, 5) is 24.7. The molecule has 2 N–H and O–H groups in total. The summed E-state index contributed by atoms with van der Waals surface area (Å²) >= 11 is 0. The normalized spacial score (nSPS) is 15.5. The molecule has 0 unspecified atom stereocenters. The quantitative estimate of drug-likeness (QED) is 0.499. The molecule has 1 heterocycles. The number of rotatable bonds is 4. The summed E-state index contributed by atoms with van der Waals surface area (Å²) in [7, 11) is 0. The Balaban J connectivity index is 2.21. The molecule has 0 spiro atoms. The van der Waals surface area contributed by atoms with Gasteiger partial charge in [-0.05, 0) is 31.2 Å². The number of para-hydroxylation sites is 1. The Morgan fingerprint density at radius 3 is 2.42 bits per heavy atom. The predicted octanol–water partition coefficient (Wildman–Crippen LogP) is 3.37. The van der Waals surface area contributed by atoms with E-state index in [-0.39, 0.29) is 11.3 Å². The fourth-order valence-electron chi connectivity index (χ4n) is 2.84. The van der Waals surface area contributed by atoms with E-state index in [0.717, 1.165) is 12.1 Å². The lowest BCUT2D eigenvalue weighted by atomic mass is 10.0. The van der Waals surface area contributed by atoms with E-state index in [4.69, 9.17) is 0 Å². The maximum absolute atomic E-state index is 13.1. The molecule has 0 radical (unpaired) electrons. The summed E-state index contributed by atoms with van der Waals surface area (Å²) in [5.41, 5.74) is 5.38. The SMILES string of the molecule is C/C(NNC=O)=C1/C(=O)N(c2ccccc2)c2cc(C(F)(F)F)ccc21. The second-order valence-electron chi connectivity index (χ2n) is 5.59. The van der Waals surface area contributed by atoms with Gasteiger partial charge >= 0.3 is 6.18 Å². The Morgan fingerprint density at radius 2 is 1.81 bits per heavy atom. The van der Waals surface area contributed by atoms with E-state index in [1.54, 1.807) is 37.3 Å². The molecule has 134 valence electrons. The smallest absolute Gasteiger partial charge is 0.302 e. The zero-order valence-corrected chi connectivity index (χ0v) is 13.6. The number of alkyl halides is 3. The highest BCUT2D eigenvalue weighted by molar-refractivity contribution is 6.35. The molecule has 1 aliphatic rings. The summed E-state index contributed by atoms with van der Waals surface area (Å²) in [5.74, 6) is -0.483. The minimum atomic E-state index is -4.53. The Morgan fingerprint density at radius 1 is 1.12 bits per heavy atom. The van der Waals surface area contributed by atoms with E-state index in [1.807, 2.05) is 0 Å². The van der Waals surface area contributed by atoms with Crippen molar-refractivity contribution in [2.45, 2.75) is 13.1 Å². The summed E-state index contributed by atoms with van der Waals surface area (Å²) in [5, 5.41) is 0.